The van der Waals surface area contributed by atoms with Gasteiger partial charge in [0, 0.05) is 45.5 Å². The van der Waals surface area contributed by atoms with Crippen molar-refractivity contribution >= 4 is 17.5 Å². The van der Waals surface area contributed by atoms with Crippen molar-refractivity contribution in [2.24, 2.45) is 0 Å². The van der Waals surface area contributed by atoms with E-state index in [9.17, 15) is 4.39 Å². The van der Waals surface area contributed by atoms with Gasteiger partial charge in [-0.2, -0.15) is 4.98 Å². The van der Waals surface area contributed by atoms with E-state index in [2.05, 4.69) is 19.7 Å². The molecule has 0 atom stereocenters. The van der Waals surface area contributed by atoms with Crippen LogP contribution < -0.4 is 14.7 Å². The van der Waals surface area contributed by atoms with Gasteiger partial charge in [0.1, 0.15) is 11.6 Å². The topological polar surface area (TPSA) is 35.5 Å². The molecular formula is C20H26FN5. The van der Waals surface area contributed by atoms with E-state index >= 15 is 0 Å². The Kier molecular flexibility index (Phi) is 5.18. The molecule has 1 aromatic carbocycles. The highest BCUT2D eigenvalue weighted by Gasteiger charge is 2.22. The fraction of sp³-hybridized carbons (Fsp3) is 0.500. The molecule has 0 bridgehead atoms. The molecule has 138 valence electrons. The molecule has 2 aliphatic rings. The van der Waals surface area contributed by atoms with Gasteiger partial charge < -0.3 is 14.7 Å². The Balaban J connectivity index is 1.43. The highest BCUT2D eigenvalue weighted by Crippen LogP contribution is 2.23. The Morgan fingerprint density at radius 1 is 0.731 bits per heavy atom. The van der Waals surface area contributed by atoms with Gasteiger partial charge in [0.15, 0.2) is 0 Å². The van der Waals surface area contributed by atoms with Gasteiger partial charge in [0.2, 0.25) is 5.95 Å². The fourth-order valence-corrected chi connectivity index (χ4v) is 3.82. The fourth-order valence-electron chi connectivity index (χ4n) is 3.82. The molecule has 3 heterocycles. The number of benzene rings is 1. The molecule has 4 rings (SSSR count). The Bertz CT molecular complexity index is 722. The molecule has 26 heavy (non-hydrogen) atoms. The molecule has 0 amide bonds. The van der Waals surface area contributed by atoms with Crippen LogP contribution in [0.25, 0.3) is 0 Å². The van der Waals surface area contributed by atoms with Gasteiger partial charge in [-0.25, -0.2) is 9.37 Å². The minimum atomic E-state index is -0.152. The summed E-state index contributed by atoms with van der Waals surface area (Å²) >= 11 is 0. The second-order valence-corrected chi connectivity index (χ2v) is 7.04. The van der Waals surface area contributed by atoms with Gasteiger partial charge in [-0.1, -0.05) is 25.0 Å². The summed E-state index contributed by atoms with van der Waals surface area (Å²) < 4.78 is 14.0. The molecule has 0 radical (unpaired) electrons. The highest BCUT2D eigenvalue weighted by molar-refractivity contribution is 5.50. The minimum absolute atomic E-state index is 0.152. The first-order valence-electron chi connectivity index (χ1n) is 9.64. The molecule has 6 heteroatoms. The maximum atomic E-state index is 14.0. The summed E-state index contributed by atoms with van der Waals surface area (Å²) in [5, 5.41) is 0. The second-order valence-electron chi connectivity index (χ2n) is 7.04. The third kappa shape index (κ3) is 3.74. The minimum Gasteiger partial charge on any atom is -0.366 e. The highest BCUT2D eigenvalue weighted by atomic mass is 19.1. The molecule has 0 aliphatic carbocycles. The molecule has 2 aliphatic heterocycles. The van der Waals surface area contributed by atoms with Crippen molar-refractivity contribution in [3.63, 3.8) is 0 Å². The largest absolute Gasteiger partial charge is 0.366 e. The summed E-state index contributed by atoms with van der Waals surface area (Å²) in [5.74, 6) is 1.67. The number of halogens is 1. The van der Waals surface area contributed by atoms with Crippen LogP contribution in [0.5, 0.6) is 0 Å². The second kappa shape index (κ2) is 7.89. The van der Waals surface area contributed by atoms with Gasteiger partial charge in [-0.05, 0) is 31.0 Å². The molecule has 0 saturated carbocycles. The number of piperazine rings is 1. The third-order valence-corrected chi connectivity index (χ3v) is 5.31. The number of aromatic nitrogens is 2. The summed E-state index contributed by atoms with van der Waals surface area (Å²) in [6.45, 7) is 5.32. The molecule has 0 spiro atoms. The number of rotatable bonds is 3. The van der Waals surface area contributed by atoms with Gasteiger partial charge in [0.05, 0.1) is 5.69 Å². The molecule has 1 aromatic heterocycles. The maximum Gasteiger partial charge on any atom is 0.227 e. The quantitative estimate of drug-likeness (QED) is 0.844. The van der Waals surface area contributed by atoms with E-state index in [1.165, 1.54) is 31.7 Å². The van der Waals surface area contributed by atoms with Crippen LogP contribution in [0.2, 0.25) is 0 Å². The molecular weight excluding hydrogens is 329 g/mol. The van der Waals surface area contributed by atoms with E-state index < -0.39 is 0 Å². The van der Waals surface area contributed by atoms with E-state index in [-0.39, 0.29) is 5.82 Å². The average molecular weight is 355 g/mol. The predicted molar refractivity (Wildman–Crippen MR) is 104 cm³/mol. The van der Waals surface area contributed by atoms with E-state index in [0.29, 0.717) is 5.69 Å². The standard InChI is InChI=1S/C20H26FN5/c21-17-7-3-4-8-18(17)24-13-15-26(16-14-24)20-22-10-9-19(23-20)25-11-5-1-2-6-12-25/h3-4,7-10H,1-2,5-6,11-16H2. The Morgan fingerprint density at radius 3 is 2.15 bits per heavy atom. The Hall–Kier alpha value is -2.37. The normalized spacial score (nSPS) is 18.7. The molecule has 0 unspecified atom stereocenters. The number of anilines is 3. The number of nitrogens with zero attached hydrogens (tertiary/aromatic N) is 5. The van der Waals surface area contributed by atoms with Crippen molar-refractivity contribution in [1.29, 1.82) is 0 Å². The lowest BCUT2D eigenvalue weighted by Gasteiger charge is -2.36. The van der Waals surface area contributed by atoms with E-state index in [1.54, 1.807) is 6.07 Å². The summed E-state index contributed by atoms with van der Waals surface area (Å²) in [4.78, 5) is 16.0. The number of para-hydroxylation sites is 1. The van der Waals surface area contributed by atoms with Gasteiger partial charge >= 0.3 is 0 Å². The Labute approximate surface area is 154 Å². The molecule has 2 saturated heterocycles. The third-order valence-electron chi connectivity index (χ3n) is 5.31. The van der Waals surface area contributed by atoms with Crippen molar-refractivity contribution in [2.45, 2.75) is 25.7 Å². The van der Waals surface area contributed by atoms with Crippen molar-refractivity contribution in [3.05, 3.63) is 42.3 Å². The zero-order chi connectivity index (χ0) is 17.8. The first-order valence-corrected chi connectivity index (χ1v) is 9.64. The number of hydrogen-bond donors (Lipinski definition) is 0. The predicted octanol–water partition coefficient (Wildman–Crippen LogP) is 3.32. The van der Waals surface area contributed by atoms with Gasteiger partial charge in [-0.15, -0.1) is 0 Å². The zero-order valence-corrected chi connectivity index (χ0v) is 15.1. The summed E-state index contributed by atoms with van der Waals surface area (Å²) in [5.41, 5.74) is 0.686. The van der Waals surface area contributed by atoms with Crippen molar-refractivity contribution in [3.8, 4) is 0 Å². The maximum absolute atomic E-state index is 14.0. The first-order chi connectivity index (χ1) is 12.8. The smallest absolute Gasteiger partial charge is 0.227 e. The first kappa shape index (κ1) is 17.1. The molecule has 2 fully saturated rings. The average Bonchev–Trinajstić information content (AvgIpc) is 2.98. The van der Waals surface area contributed by atoms with Gasteiger partial charge in [-0.3, -0.25) is 0 Å². The lowest BCUT2D eigenvalue weighted by molar-refractivity contribution is 0.593. The van der Waals surface area contributed by atoms with Crippen LogP contribution in [0.4, 0.5) is 21.8 Å². The van der Waals surface area contributed by atoms with E-state index in [0.717, 1.165) is 51.0 Å². The van der Waals surface area contributed by atoms with Crippen molar-refractivity contribution in [1.82, 2.24) is 9.97 Å². The van der Waals surface area contributed by atoms with Crippen molar-refractivity contribution < 1.29 is 4.39 Å². The summed E-state index contributed by atoms with van der Waals surface area (Å²) in [6.07, 6.45) is 6.96. The lowest BCUT2D eigenvalue weighted by Crippen LogP contribution is -2.47. The van der Waals surface area contributed by atoms with Crippen LogP contribution in [-0.2, 0) is 0 Å². The summed E-state index contributed by atoms with van der Waals surface area (Å²) in [6, 6.07) is 9.01. The van der Waals surface area contributed by atoms with Crippen molar-refractivity contribution in [2.75, 3.05) is 54.0 Å². The van der Waals surface area contributed by atoms with E-state index in [4.69, 9.17) is 4.98 Å². The Morgan fingerprint density at radius 2 is 1.42 bits per heavy atom. The van der Waals surface area contributed by atoms with Crippen LogP contribution in [0.1, 0.15) is 25.7 Å². The SMILES string of the molecule is Fc1ccccc1N1CCN(c2nccc(N3CCCCCC3)n2)CC1. The van der Waals surface area contributed by atoms with E-state index in [1.807, 2.05) is 24.4 Å². The van der Waals surface area contributed by atoms with Gasteiger partial charge in [0.25, 0.3) is 0 Å². The van der Waals surface area contributed by atoms with Crippen LogP contribution in [-0.4, -0.2) is 49.2 Å². The van der Waals surface area contributed by atoms with Crippen LogP contribution in [0.15, 0.2) is 36.5 Å². The van der Waals surface area contributed by atoms with Crippen LogP contribution >= 0.6 is 0 Å². The van der Waals surface area contributed by atoms with Crippen LogP contribution in [0.3, 0.4) is 0 Å². The molecule has 0 N–H and O–H groups in total. The molecule has 5 nitrogen and oxygen atoms in total. The summed E-state index contributed by atoms with van der Waals surface area (Å²) in [7, 11) is 0. The monoisotopic (exact) mass is 355 g/mol. The zero-order valence-electron chi connectivity index (χ0n) is 15.1. The lowest BCUT2D eigenvalue weighted by atomic mass is 10.2. The number of hydrogen-bond acceptors (Lipinski definition) is 5. The molecule has 2 aromatic rings. The van der Waals surface area contributed by atoms with Crippen LogP contribution in [0, 0.1) is 5.82 Å².